The third kappa shape index (κ3) is 4.46. The number of benzene rings is 1. The highest BCUT2D eigenvalue weighted by Crippen LogP contribution is 2.14. The van der Waals surface area contributed by atoms with Gasteiger partial charge in [-0.3, -0.25) is 9.88 Å². The highest BCUT2D eigenvalue weighted by atomic mass is 15.1. The highest BCUT2D eigenvalue weighted by Gasteiger charge is 2.06. The van der Waals surface area contributed by atoms with Crippen LogP contribution in [0.4, 0.5) is 0 Å². The van der Waals surface area contributed by atoms with E-state index >= 15 is 0 Å². The lowest BCUT2D eigenvalue weighted by molar-refractivity contribution is 0.314. The van der Waals surface area contributed by atoms with Crippen LogP contribution in [0.25, 0.3) is 0 Å². The van der Waals surface area contributed by atoms with Gasteiger partial charge in [0.05, 0.1) is 5.69 Å². The van der Waals surface area contributed by atoms with Gasteiger partial charge in [-0.25, -0.2) is 0 Å². The lowest BCUT2D eigenvalue weighted by atomic mass is 10.0. The van der Waals surface area contributed by atoms with E-state index in [0.717, 1.165) is 25.2 Å². The first kappa shape index (κ1) is 14.7. The first-order valence-corrected chi connectivity index (χ1v) is 7.36. The lowest BCUT2D eigenvalue weighted by Gasteiger charge is -2.18. The van der Waals surface area contributed by atoms with E-state index in [-0.39, 0.29) is 0 Å². The number of hydrogen-bond donors (Lipinski definition) is 0. The molecular formula is C18H23N2. The van der Waals surface area contributed by atoms with Crippen molar-refractivity contribution in [3.8, 4) is 0 Å². The molecule has 0 aliphatic carbocycles. The van der Waals surface area contributed by atoms with E-state index in [1.165, 1.54) is 24.0 Å². The molecule has 0 saturated carbocycles. The average Bonchev–Trinajstić information content (AvgIpc) is 2.47. The van der Waals surface area contributed by atoms with Crippen LogP contribution in [0.3, 0.4) is 0 Å². The summed E-state index contributed by atoms with van der Waals surface area (Å²) < 4.78 is 0. The molecule has 1 aromatic carbocycles. The van der Waals surface area contributed by atoms with Crippen LogP contribution in [0, 0.1) is 6.07 Å². The van der Waals surface area contributed by atoms with Crippen molar-refractivity contribution in [3.05, 3.63) is 65.5 Å². The molecule has 1 radical (unpaired) electrons. The highest BCUT2D eigenvalue weighted by molar-refractivity contribution is 5.26. The molecule has 2 aromatic rings. The van der Waals surface area contributed by atoms with E-state index < -0.39 is 0 Å². The molecule has 2 heteroatoms. The third-order valence-electron chi connectivity index (χ3n) is 3.45. The Kier molecular flexibility index (Phi) is 5.75. The summed E-state index contributed by atoms with van der Waals surface area (Å²) in [6, 6.07) is 15.6. The van der Waals surface area contributed by atoms with Crippen LogP contribution in [-0.4, -0.2) is 16.9 Å². The van der Waals surface area contributed by atoms with E-state index in [9.17, 15) is 0 Å². The Labute approximate surface area is 122 Å². The summed E-state index contributed by atoms with van der Waals surface area (Å²) in [5.41, 5.74) is 3.96. The first-order chi connectivity index (χ1) is 9.79. The summed E-state index contributed by atoms with van der Waals surface area (Å²) in [5.74, 6) is 0. The van der Waals surface area contributed by atoms with Crippen LogP contribution >= 0.6 is 0 Å². The summed E-state index contributed by atoms with van der Waals surface area (Å²) >= 11 is 0. The molecule has 0 aliphatic rings. The van der Waals surface area contributed by atoms with Gasteiger partial charge in [-0.2, -0.15) is 0 Å². The SMILES string of the molecule is CCCCc1cc[c]cc1CN(C)Cc1ccccn1. The van der Waals surface area contributed by atoms with Crippen molar-refractivity contribution in [1.29, 1.82) is 0 Å². The molecule has 0 N–H and O–H groups in total. The lowest BCUT2D eigenvalue weighted by Crippen LogP contribution is -2.18. The summed E-state index contributed by atoms with van der Waals surface area (Å²) in [6.07, 6.45) is 5.51. The van der Waals surface area contributed by atoms with Crippen LogP contribution in [0.15, 0.2) is 42.6 Å². The maximum Gasteiger partial charge on any atom is 0.0543 e. The van der Waals surface area contributed by atoms with Gasteiger partial charge in [-0.05, 0) is 55.3 Å². The van der Waals surface area contributed by atoms with Crippen molar-refractivity contribution in [2.75, 3.05) is 7.05 Å². The smallest absolute Gasteiger partial charge is 0.0543 e. The fourth-order valence-electron chi connectivity index (χ4n) is 2.37. The number of aromatic nitrogens is 1. The Morgan fingerprint density at radius 1 is 1.15 bits per heavy atom. The maximum absolute atomic E-state index is 4.38. The Balaban J connectivity index is 1.98. The number of rotatable bonds is 7. The number of pyridine rings is 1. The fraction of sp³-hybridized carbons (Fsp3) is 0.389. The van der Waals surface area contributed by atoms with Crippen molar-refractivity contribution in [2.24, 2.45) is 0 Å². The normalized spacial score (nSPS) is 10.9. The minimum atomic E-state index is 0.878. The zero-order valence-electron chi connectivity index (χ0n) is 12.5. The largest absolute Gasteiger partial charge is 0.296 e. The van der Waals surface area contributed by atoms with Crippen LogP contribution in [0.5, 0.6) is 0 Å². The van der Waals surface area contributed by atoms with Crippen molar-refractivity contribution >= 4 is 0 Å². The fourth-order valence-corrected chi connectivity index (χ4v) is 2.37. The minimum Gasteiger partial charge on any atom is -0.296 e. The molecular weight excluding hydrogens is 244 g/mol. The first-order valence-electron chi connectivity index (χ1n) is 7.36. The molecule has 20 heavy (non-hydrogen) atoms. The van der Waals surface area contributed by atoms with Gasteiger partial charge in [-0.15, -0.1) is 0 Å². The Morgan fingerprint density at radius 2 is 2.05 bits per heavy atom. The van der Waals surface area contributed by atoms with E-state index in [2.05, 4.69) is 48.1 Å². The van der Waals surface area contributed by atoms with Gasteiger partial charge in [0, 0.05) is 19.3 Å². The molecule has 2 rings (SSSR count). The predicted octanol–water partition coefficient (Wildman–Crippen LogP) is 3.86. The van der Waals surface area contributed by atoms with Gasteiger partial charge in [-0.1, -0.05) is 31.5 Å². The molecule has 0 aliphatic heterocycles. The van der Waals surface area contributed by atoms with Gasteiger partial charge >= 0.3 is 0 Å². The molecule has 0 spiro atoms. The molecule has 1 heterocycles. The van der Waals surface area contributed by atoms with Crippen molar-refractivity contribution < 1.29 is 0 Å². The number of aryl methyl sites for hydroxylation is 1. The summed E-state index contributed by atoms with van der Waals surface area (Å²) in [7, 11) is 2.14. The summed E-state index contributed by atoms with van der Waals surface area (Å²) in [4.78, 5) is 6.69. The molecule has 0 unspecified atom stereocenters. The van der Waals surface area contributed by atoms with Crippen LogP contribution < -0.4 is 0 Å². The van der Waals surface area contributed by atoms with E-state index in [1.54, 1.807) is 0 Å². The Hall–Kier alpha value is -1.67. The minimum absolute atomic E-state index is 0.878. The number of hydrogen-bond acceptors (Lipinski definition) is 2. The monoisotopic (exact) mass is 267 g/mol. The third-order valence-corrected chi connectivity index (χ3v) is 3.45. The zero-order chi connectivity index (χ0) is 14.2. The Bertz CT molecular complexity index is 508. The molecule has 0 fully saturated rings. The van der Waals surface area contributed by atoms with Gasteiger partial charge in [0.15, 0.2) is 0 Å². The summed E-state index contributed by atoms with van der Waals surface area (Å²) in [5, 5.41) is 0. The number of unbranched alkanes of at least 4 members (excludes halogenated alkanes) is 1. The molecule has 105 valence electrons. The Morgan fingerprint density at radius 3 is 2.80 bits per heavy atom. The average molecular weight is 267 g/mol. The van der Waals surface area contributed by atoms with Gasteiger partial charge < -0.3 is 0 Å². The molecule has 0 atom stereocenters. The van der Waals surface area contributed by atoms with E-state index in [0.29, 0.717) is 0 Å². The van der Waals surface area contributed by atoms with Crippen LogP contribution in [0.2, 0.25) is 0 Å². The van der Waals surface area contributed by atoms with Gasteiger partial charge in [0.1, 0.15) is 0 Å². The molecule has 0 saturated heterocycles. The number of nitrogens with zero attached hydrogens (tertiary/aromatic N) is 2. The van der Waals surface area contributed by atoms with Crippen LogP contribution in [0.1, 0.15) is 36.6 Å². The van der Waals surface area contributed by atoms with Crippen LogP contribution in [-0.2, 0) is 19.5 Å². The zero-order valence-corrected chi connectivity index (χ0v) is 12.5. The summed E-state index contributed by atoms with van der Waals surface area (Å²) in [6.45, 7) is 4.07. The second-order valence-electron chi connectivity index (χ2n) is 5.29. The molecule has 1 aromatic heterocycles. The topological polar surface area (TPSA) is 16.1 Å². The van der Waals surface area contributed by atoms with Crippen molar-refractivity contribution in [3.63, 3.8) is 0 Å². The molecule has 0 bridgehead atoms. The second kappa shape index (κ2) is 7.81. The van der Waals surface area contributed by atoms with Crippen molar-refractivity contribution in [1.82, 2.24) is 9.88 Å². The van der Waals surface area contributed by atoms with E-state index in [1.807, 2.05) is 24.4 Å². The quantitative estimate of drug-likeness (QED) is 0.757. The standard InChI is InChI=1S/C18H23N2/c1-3-4-9-16-10-5-6-11-17(16)14-20(2)15-18-12-7-8-13-19-18/h5,7-8,10-13H,3-4,9,14-15H2,1-2H3. The van der Waals surface area contributed by atoms with Crippen molar-refractivity contribution in [2.45, 2.75) is 39.3 Å². The second-order valence-corrected chi connectivity index (χ2v) is 5.29. The maximum atomic E-state index is 4.38. The molecule has 2 nitrogen and oxygen atoms in total. The van der Waals surface area contributed by atoms with Gasteiger partial charge in [0.25, 0.3) is 0 Å². The predicted molar refractivity (Wildman–Crippen MR) is 83.3 cm³/mol. The van der Waals surface area contributed by atoms with E-state index in [4.69, 9.17) is 0 Å². The molecule has 0 amide bonds. The van der Waals surface area contributed by atoms with Gasteiger partial charge in [0.2, 0.25) is 0 Å².